The summed E-state index contributed by atoms with van der Waals surface area (Å²) in [6, 6.07) is 12.4. The second-order valence-electron chi connectivity index (χ2n) is 7.74. The van der Waals surface area contributed by atoms with Crippen molar-refractivity contribution in [1.82, 2.24) is 14.9 Å². The minimum Gasteiger partial charge on any atom is -0.374 e. The van der Waals surface area contributed by atoms with Crippen molar-refractivity contribution < 1.29 is 9.18 Å². The van der Waals surface area contributed by atoms with Crippen LogP contribution in [0.1, 0.15) is 30.9 Å². The van der Waals surface area contributed by atoms with E-state index in [0.29, 0.717) is 19.5 Å². The molecular weight excluding hydrogens is 413 g/mol. The lowest BCUT2D eigenvalue weighted by Gasteiger charge is -2.33. The van der Waals surface area contributed by atoms with Gasteiger partial charge in [-0.2, -0.15) is 0 Å². The molecule has 1 aliphatic heterocycles. The number of rotatable bonds is 7. The number of hydrogen-bond acceptors (Lipinski definition) is 6. The van der Waals surface area contributed by atoms with Gasteiger partial charge >= 0.3 is 0 Å². The van der Waals surface area contributed by atoms with Crippen molar-refractivity contribution in [1.29, 1.82) is 0 Å². The van der Waals surface area contributed by atoms with Crippen LogP contribution >= 0.6 is 11.3 Å². The minimum atomic E-state index is -0.270. The molecule has 1 saturated heterocycles. The summed E-state index contributed by atoms with van der Waals surface area (Å²) in [5.74, 6) is 0.850. The van der Waals surface area contributed by atoms with E-state index in [1.807, 2.05) is 46.5 Å². The van der Waals surface area contributed by atoms with Gasteiger partial charge < -0.3 is 15.1 Å². The molecule has 0 aliphatic carbocycles. The van der Waals surface area contributed by atoms with Crippen LogP contribution in [-0.2, 0) is 4.79 Å². The average Bonchev–Trinajstić information content (AvgIpc) is 3.30. The Hall–Kier alpha value is -3.00. The van der Waals surface area contributed by atoms with Gasteiger partial charge in [-0.15, -0.1) is 11.3 Å². The van der Waals surface area contributed by atoms with Gasteiger partial charge in [0.05, 0.1) is 0 Å². The number of pyridine rings is 1. The third kappa shape index (κ3) is 5.58. The summed E-state index contributed by atoms with van der Waals surface area (Å²) >= 11 is 1.53. The second-order valence-corrected chi connectivity index (χ2v) is 8.63. The number of thiazole rings is 1. The molecule has 1 atom stereocenters. The third-order valence-electron chi connectivity index (χ3n) is 5.54. The van der Waals surface area contributed by atoms with Crippen LogP contribution in [0.5, 0.6) is 0 Å². The minimum absolute atomic E-state index is 0.130. The Kier molecular flexibility index (Phi) is 6.76. The molecule has 0 bridgehead atoms. The molecule has 3 aromatic rings. The fourth-order valence-electron chi connectivity index (χ4n) is 3.85. The second kappa shape index (κ2) is 9.87. The van der Waals surface area contributed by atoms with Gasteiger partial charge in [0.15, 0.2) is 5.13 Å². The molecule has 0 spiro atoms. The van der Waals surface area contributed by atoms with E-state index >= 15 is 0 Å². The molecule has 162 valence electrons. The maximum atomic E-state index is 13.4. The van der Waals surface area contributed by atoms with Crippen molar-refractivity contribution >= 4 is 33.9 Å². The van der Waals surface area contributed by atoms with Crippen LogP contribution in [0, 0.1) is 5.82 Å². The first kappa shape index (κ1) is 21.2. The summed E-state index contributed by atoms with van der Waals surface area (Å²) in [6.07, 6.45) is 4.13. The van der Waals surface area contributed by atoms with E-state index in [-0.39, 0.29) is 17.6 Å². The number of anilines is 3. The normalized spacial score (nSPS) is 16.2. The van der Waals surface area contributed by atoms with Crippen LogP contribution in [0.15, 0.2) is 54.0 Å². The zero-order valence-corrected chi connectivity index (χ0v) is 18.3. The molecular formula is C23H26FN5OS. The van der Waals surface area contributed by atoms with Crippen molar-refractivity contribution in [3.63, 3.8) is 0 Å². The maximum Gasteiger partial charge on any atom is 0.224 e. The maximum absolute atomic E-state index is 13.4. The molecule has 6 nitrogen and oxygen atoms in total. The zero-order chi connectivity index (χ0) is 21.6. The van der Waals surface area contributed by atoms with Crippen LogP contribution in [0.3, 0.4) is 0 Å². The van der Waals surface area contributed by atoms with Crippen LogP contribution in [0.25, 0.3) is 0 Å². The Morgan fingerprint density at radius 3 is 3.00 bits per heavy atom. The molecule has 2 aromatic heterocycles. The fraction of sp³-hybridized carbons (Fsp3) is 0.348. The Morgan fingerprint density at radius 1 is 1.32 bits per heavy atom. The van der Waals surface area contributed by atoms with Crippen LogP contribution in [0.2, 0.25) is 0 Å². The number of nitrogens with one attached hydrogen (secondary N) is 1. The largest absolute Gasteiger partial charge is 0.374 e. The molecule has 31 heavy (non-hydrogen) atoms. The molecule has 0 saturated carbocycles. The van der Waals surface area contributed by atoms with Gasteiger partial charge in [0.25, 0.3) is 0 Å². The SMILES string of the molecule is CN(CCC(=O)N1CCCC(c2cccc(Nc3nccs3)n2)C1)c1cccc(F)c1. The quantitative estimate of drug-likeness (QED) is 0.581. The number of amides is 1. The number of piperidine rings is 1. The van der Waals surface area contributed by atoms with Gasteiger partial charge in [-0.05, 0) is 43.2 Å². The standard InChI is InChI=1S/C23H26FN5OS/c1-28(19-7-2-6-18(24)15-19)13-10-22(30)29-12-4-5-17(16-29)20-8-3-9-21(26-20)27-23-25-11-14-31-23/h2-3,6-9,11,14-15,17H,4-5,10,12-13,16H2,1H3,(H,25,26,27). The van der Waals surface area contributed by atoms with E-state index in [1.54, 1.807) is 12.3 Å². The van der Waals surface area contributed by atoms with Gasteiger partial charge in [0.1, 0.15) is 11.6 Å². The molecule has 1 amide bonds. The number of halogens is 1. The monoisotopic (exact) mass is 439 g/mol. The van der Waals surface area contributed by atoms with E-state index in [2.05, 4.69) is 10.3 Å². The predicted octanol–water partition coefficient (Wildman–Crippen LogP) is 4.65. The van der Waals surface area contributed by atoms with E-state index in [4.69, 9.17) is 4.98 Å². The summed E-state index contributed by atoms with van der Waals surface area (Å²) in [5.41, 5.74) is 1.77. The zero-order valence-electron chi connectivity index (χ0n) is 17.5. The van der Waals surface area contributed by atoms with Crippen LogP contribution in [-0.4, -0.2) is 47.5 Å². The first-order valence-electron chi connectivity index (χ1n) is 10.5. The van der Waals surface area contributed by atoms with Gasteiger partial charge in [0, 0.05) is 62.0 Å². The van der Waals surface area contributed by atoms with Gasteiger partial charge in [0.2, 0.25) is 5.91 Å². The van der Waals surface area contributed by atoms with Crippen LogP contribution in [0.4, 0.5) is 21.0 Å². The van der Waals surface area contributed by atoms with E-state index in [9.17, 15) is 9.18 Å². The molecule has 0 radical (unpaired) electrons. The van der Waals surface area contributed by atoms with Crippen molar-refractivity contribution in [2.24, 2.45) is 0 Å². The van der Waals surface area contributed by atoms with Gasteiger partial charge in [-0.25, -0.2) is 14.4 Å². The lowest BCUT2D eigenvalue weighted by Crippen LogP contribution is -2.40. The molecule has 1 unspecified atom stereocenters. The van der Waals surface area contributed by atoms with E-state index in [0.717, 1.165) is 41.7 Å². The highest BCUT2D eigenvalue weighted by Gasteiger charge is 2.25. The fourth-order valence-corrected chi connectivity index (χ4v) is 4.39. The number of benzene rings is 1. The van der Waals surface area contributed by atoms with Gasteiger partial charge in [-0.3, -0.25) is 4.79 Å². The summed E-state index contributed by atoms with van der Waals surface area (Å²) < 4.78 is 13.4. The Labute approximate surface area is 185 Å². The molecule has 1 aromatic carbocycles. The number of carbonyl (C=O) groups is 1. The highest BCUT2D eigenvalue weighted by Crippen LogP contribution is 2.28. The highest BCUT2D eigenvalue weighted by molar-refractivity contribution is 7.13. The molecule has 1 aliphatic rings. The summed E-state index contributed by atoms with van der Waals surface area (Å²) in [6.45, 7) is 2.00. The van der Waals surface area contributed by atoms with Crippen molar-refractivity contribution in [2.75, 3.05) is 36.9 Å². The number of aromatic nitrogens is 2. The van der Waals surface area contributed by atoms with Crippen LogP contribution < -0.4 is 10.2 Å². The number of likely N-dealkylation sites (tertiary alicyclic amines) is 1. The Bertz CT molecular complexity index is 1010. The number of carbonyl (C=O) groups excluding carboxylic acids is 1. The van der Waals surface area contributed by atoms with Crippen molar-refractivity contribution in [3.8, 4) is 0 Å². The summed E-state index contributed by atoms with van der Waals surface area (Å²) in [7, 11) is 1.88. The lowest BCUT2D eigenvalue weighted by atomic mass is 9.94. The number of hydrogen-bond donors (Lipinski definition) is 1. The third-order valence-corrected chi connectivity index (χ3v) is 6.23. The molecule has 4 rings (SSSR count). The van der Waals surface area contributed by atoms with E-state index in [1.165, 1.54) is 23.5 Å². The van der Waals surface area contributed by atoms with E-state index < -0.39 is 0 Å². The highest BCUT2D eigenvalue weighted by atomic mass is 32.1. The predicted molar refractivity (Wildman–Crippen MR) is 122 cm³/mol. The van der Waals surface area contributed by atoms with Crippen molar-refractivity contribution in [3.05, 3.63) is 65.6 Å². The smallest absolute Gasteiger partial charge is 0.224 e. The summed E-state index contributed by atoms with van der Waals surface area (Å²) in [4.78, 5) is 25.7. The first-order valence-corrected chi connectivity index (χ1v) is 11.3. The molecule has 3 heterocycles. The topological polar surface area (TPSA) is 61.4 Å². The average molecular weight is 440 g/mol. The Morgan fingerprint density at radius 2 is 2.19 bits per heavy atom. The van der Waals surface area contributed by atoms with Gasteiger partial charge in [-0.1, -0.05) is 12.1 Å². The Balaban J connectivity index is 1.34. The molecule has 1 N–H and O–H groups in total. The number of nitrogens with zero attached hydrogens (tertiary/aromatic N) is 4. The summed E-state index contributed by atoms with van der Waals surface area (Å²) in [5, 5.41) is 5.96. The van der Waals surface area contributed by atoms with Crippen molar-refractivity contribution in [2.45, 2.75) is 25.2 Å². The molecule has 8 heteroatoms. The molecule has 1 fully saturated rings. The lowest BCUT2D eigenvalue weighted by molar-refractivity contribution is -0.132. The first-order chi connectivity index (χ1) is 15.1.